The van der Waals surface area contributed by atoms with Crippen molar-refractivity contribution in [3.05, 3.63) is 36.4 Å². The van der Waals surface area contributed by atoms with Crippen molar-refractivity contribution in [3.8, 4) is 0 Å². The molecule has 2 atom stereocenters. The van der Waals surface area contributed by atoms with Gasteiger partial charge in [0, 0.05) is 13.8 Å². The maximum absolute atomic E-state index is 11.3. The van der Waals surface area contributed by atoms with Crippen LogP contribution in [-0.4, -0.2) is 140 Å². The minimum absolute atomic E-state index is 0.327. The Labute approximate surface area is 282 Å². The molecule has 272 valence electrons. The second kappa shape index (κ2) is 18.8. The Morgan fingerprint density at radius 1 is 0.625 bits per heavy atom. The van der Waals surface area contributed by atoms with E-state index in [0.717, 1.165) is 46.3 Å². The molecule has 48 heavy (non-hydrogen) atoms. The fourth-order valence-electron chi connectivity index (χ4n) is 3.18. The molecule has 0 aliphatic rings. The Morgan fingerprint density at radius 3 is 1.15 bits per heavy atom. The first-order valence-electron chi connectivity index (χ1n) is 14.4. The van der Waals surface area contributed by atoms with Crippen LogP contribution < -0.4 is 0 Å². The Kier molecular flexibility index (Phi) is 17.3. The number of benzene rings is 2. The van der Waals surface area contributed by atoms with Crippen molar-refractivity contribution in [1.29, 1.82) is 0 Å². The minimum atomic E-state index is -4.56. The van der Waals surface area contributed by atoms with Gasteiger partial charge in [0.1, 0.15) is 46.5 Å². The van der Waals surface area contributed by atoms with Gasteiger partial charge in [-0.05, 0) is 48.9 Å². The molecule has 2 aromatic carbocycles. The largest absolute Gasteiger partial charge is 0.744 e. The molecule has 0 heterocycles. The number of quaternary nitrogens is 2. The average molecular weight is 723 g/mol. The molecule has 0 radical (unpaired) electrons. The van der Waals surface area contributed by atoms with Crippen molar-refractivity contribution in [2.45, 2.75) is 49.7 Å². The minimum Gasteiger partial charge on any atom is -0.744 e. The van der Waals surface area contributed by atoms with Crippen LogP contribution in [0.4, 0.5) is 0 Å². The monoisotopic (exact) mass is 722 g/mol. The summed E-state index contributed by atoms with van der Waals surface area (Å²) in [6, 6.07) is 6.92. The summed E-state index contributed by atoms with van der Waals surface area (Å²) in [5, 5.41) is 0.721. The first-order valence-corrected chi connectivity index (χ1v) is 17.2. The molecule has 0 aliphatic carbocycles. The first kappa shape index (κ1) is 44.3. The number of carbonyl (C=O) groups is 4. The Balaban J connectivity index is 0.000000696. The van der Waals surface area contributed by atoms with E-state index in [2.05, 4.69) is 9.47 Å². The van der Waals surface area contributed by atoms with E-state index in [1.165, 1.54) is 39.8 Å². The lowest BCUT2D eigenvalue weighted by Crippen LogP contribution is -2.38. The fourth-order valence-corrected chi connectivity index (χ4v) is 4.19. The Morgan fingerprint density at radius 2 is 0.917 bits per heavy atom. The molecule has 0 saturated carbocycles. The van der Waals surface area contributed by atoms with Crippen LogP contribution in [0.3, 0.4) is 0 Å². The molecule has 0 aliphatic heterocycles. The van der Waals surface area contributed by atoms with E-state index in [1.54, 1.807) is 0 Å². The van der Waals surface area contributed by atoms with Gasteiger partial charge in [-0.25, -0.2) is 26.4 Å². The zero-order valence-electron chi connectivity index (χ0n) is 28.9. The van der Waals surface area contributed by atoms with Crippen LogP contribution in [-0.2, 0) is 58.4 Å². The van der Waals surface area contributed by atoms with Crippen LogP contribution >= 0.6 is 0 Å². The standard InChI is InChI=1S/2C10H20NO4.C10H8O6S2/c2*1-8(15-9(2)12)10(13)14-7-6-11(3,4)5;11-17(12,13)9-3-1-7-5-10(18(14,15)16)4-2-8(7)6-9/h2*8H,6-7H2,1-5H3;1-6H,(H,11,12,13)(H,14,15,16)/q2*+1;/p-2. The SMILES string of the molecule is CC(=O)OC(C)C(=O)OCC[N+](C)(C)C.CC(=O)OC(C)C(=O)OCC[N+](C)(C)C.O=S(=O)([O-])c1ccc2cc(S(=O)(=O)[O-])ccc2c1. The maximum atomic E-state index is 11.3. The number of esters is 4. The van der Waals surface area contributed by atoms with Crippen LogP contribution in [0, 0.1) is 0 Å². The van der Waals surface area contributed by atoms with Gasteiger partial charge in [-0.3, -0.25) is 9.59 Å². The van der Waals surface area contributed by atoms with E-state index < -0.39 is 66.1 Å². The summed E-state index contributed by atoms with van der Waals surface area (Å²) < 4.78 is 85.5. The van der Waals surface area contributed by atoms with Crippen LogP contribution in [0.25, 0.3) is 10.8 Å². The molecule has 0 bridgehead atoms. The van der Waals surface area contributed by atoms with Crippen LogP contribution in [0.15, 0.2) is 46.2 Å². The summed E-state index contributed by atoms with van der Waals surface area (Å²) in [4.78, 5) is 42.8. The summed E-state index contributed by atoms with van der Waals surface area (Å²) in [5.74, 6) is -1.96. The van der Waals surface area contributed by atoms with Gasteiger partial charge in [-0.1, -0.05) is 12.1 Å². The highest BCUT2D eigenvalue weighted by Gasteiger charge is 2.19. The molecule has 18 heteroatoms. The number of carbonyl (C=O) groups excluding carboxylic acids is 4. The lowest BCUT2D eigenvalue weighted by molar-refractivity contribution is -0.870. The third kappa shape index (κ3) is 19.9. The fraction of sp³-hybridized carbons (Fsp3) is 0.533. The highest BCUT2D eigenvalue weighted by molar-refractivity contribution is 7.86. The third-order valence-corrected chi connectivity index (χ3v) is 7.39. The van der Waals surface area contributed by atoms with Crippen molar-refractivity contribution >= 4 is 54.9 Å². The predicted molar refractivity (Wildman–Crippen MR) is 170 cm³/mol. The molecule has 0 fully saturated rings. The summed E-state index contributed by atoms with van der Waals surface area (Å²) in [6.07, 6.45) is -1.65. The summed E-state index contributed by atoms with van der Waals surface area (Å²) in [7, 11) is 2.89. The number of hydrogen-bond acceptors (Lipinski definition) is 14. The Hall–Kier alpha value is -3.68. The van der Waals surface area contributed by atoms with E-state index in [0.29, 0.717) is 24.0 Å². The summed E-state index contributed by atoms with van der Waals surface area (Å²) >= 11 is 0. The van der Waals surface area contributed by atoms with Gasteiger partial charge in [-0.2, -0.15) is 0 Å². The molecule has 0 N–H and O–H groups in total. The van der Waals surface area contributed by atoms with Crippen LogP contribution in [0.5, 0.6) is 0 Å². The number of hydrogen-bond donors (Lipinski definition) is 0. The van der Waals surface area contributed by atoms with Gasteiger partial charge < -0.3 is 37.0 Å². The molecule has 0 aromatic heterocycles. The van der Waals surface area contributed by atoms with Gasteiger partial charge in [0.2, 0.25) is 0 Å². The number of fused-ring (bicyclic) bond motifs is 1. The number of nitrogens with zero attached hydrogens (tertiary/aromatic N) is 2. The lowest BCUT2D eigenvalue weighted by Gasteiger charge is -2.23. The second-order valence-corrected chi connectivity index (χ2v) is 15.2. The molecule has 2 unspecified atom stereocenters. The van der Waals surface area contributed by atoms with E-state index in [1.807, 2.05) is 42.3 Å². The smallest absolute Gasteiger partial charge is 0.347 e. The van der Waals surface area contributed by atoms with E-state index in [9.17, 15) is 45.1 Å². The van der Waals surface area contributed by atoms with Gasteiger partial charge in [-0.15, -0.1) is 0 Å². The van der Waals surface area contributed by atoms with Crippen molar-refractivity contribution in [2.24, 2.45) is 0 Å². The molecule has 2 aromatic rings. The first-order chi connectivity index (χ1) is 21.6. The highest BCUT2D eigenvalue weighted by atomic mass is 32.2. The molecule has 0 saturated heterocycles. The lowest BCUT2D eigenvalue weighted by atomic mass is 10.1. The molecule has 16 nitrogen and oxygen atoms in total. The number of ether oxygens (including phenoxy) is 4. The quantitative estimate of drug-likeness (QED) is 0.129. The van der Waals surface area contributed by atoms with E-state index in [-0.39, 0.29) is 0 Å². The van der Waals surface area contributed by atoms with Crippen molar-refractivity contribution in [1.82, 2.24) is 0 Å². The third-order valence-electron chi connectivity index (χ3n) is 5.72. The van der Waals surface area contributed by atoms with E-state index >= 15 is 0 Å². The number of likely N-dealkylation sites (N-methyl/N-ethyl adjacent to an activating group) is 2. The summed E-state index contributed by atoms with van der Waals surface area (Å²) in [6.45, 7) is 7.61. The van der Waals surface area contributed by atoms with Gasteiger partial charge in [0.05, 0.1) is 52.1 Å². The Bertz CT molecular complexity index is 1510. The van der Waals surface area contributed by atoms with Crippen molar-refractivity contribution in [2.75, 3.05) is 68.6 Å². The zero-order chi connectivity index (χ0) is 37.7. The molecule has 2 rings (SSSR count). The van der Waals surface area contributed by atoms with Crippen molar-refractivity contribution < 1.29 is 73.0 Å². The highest BCUT2D eigenvalue weighted by Crippen LogP contribution is 2.22. The zero-order valence-corrected chi connectivity index (χ0v) is 30.5. The average Bonchev–Trinajstić information content (AvgIpc) is 2.90. The molecular formula is C30H46N2O14S2. The molecule has 0 amide bonds. The normalized spacial score (nSPS) is 13.0. The van der Waals surface area contributed by atoms with Crippen LogP contribution in [0.2, 0.25) is 0 Å². The topological polar surface area (TPSA) is 220 Å². The van der Waals surface area contributed by atoms with Crippen molar-refractivity contribution in [3.63, 3.8) is 0 Å². The summed E-state index contributed by atoms with van der Waals surface area (Å²) in [5.41, 5.74) is 0. The molecular weight excluding hydrogens is 676 g/mol. The number of rotatable bonds is 12. The van der Waals surface area contributed by atoms with Gasteiger partial charge in [0.15, 0.2) is 12.2 Å². The van der Waals surface area contributed by atoms with Gasteiger partial charge >= 0.3 is 23.9 Å². The van der Waals surface area contributed by atoms with Gasteiger partial charge in [0.25, 0.3) is 0 Å². The predicted octanol–water partition coefficient (Wildman–Crippen LogP) is 1.02. The molecule has 0 spiro atoms. The second-order valence-electron chi connectivity index (χ2n) is 12.4. The van der Waals surface area contributed by atoms with E-state index in [4.69, 9.17) is 9.47 Å². The van der Waals surface area contributed by atoms with Crippen LogP contribution in [0.1, 0.15) is 27.7 Å². The maximum Gasteiger partial charge on any atom is 0.347 e.